The van der Waals surface area contributed by atoms with Gasteiger partial charge in [-0.25, -0.2) is 0 Å². The molecule has 0 saturated heterocycles. The van der Waals surface area contributed by atoms with E-state index in [1.807, 2.05) is 0 Å². The fourth-order valence-electron chi connectivity index (χ4n) is 9.17. The zero-order chi connectivity index (χ0) is 61.9. The van der Waals surface area contributed by atoms with Gasteiger partial charge in [0, 0.05) is 131 Å². The summed E-state index contributed by atoms with van der Waals surface area (Å²) < 4.78 is 12.2. The van der Waals surface area contributed by atoms with Crippen LogP contribution in [0.2, 0.25) is 0 Å². The van der Waals surface area contributed by atoms with Gasteiger partial charge in [-0.1, -0.05) is 0 Å². The summed E-state index contributed by atoms with van der Waals surface area (Å²) >= 11 is 0. The van der Waals surface area contributed by atoms with E-state index >= 15 is 0 Å². The van der Waals surface area contributed by atoms with E-state index in [9.17, 15) is 78.4 Å². The van der Waals surface area contributed by atoms with Crippen molar-refractivity contribution in [2.75, 3.05) is 157 Å². The second-order valence-corrected chi connectivity index (χ2v) is 19.6. The molecule has 12 bridgehead atoms. The normalized spacial score (nSPS) is 21.6. The van der Waals surface area contributed by atoms with Gasteiger partial charge in [0.1, 0.15) is 45.0 Å². The summed E-state index contributed by atoms with van der Waals surface area (Å²) in [5.74, 6) is -7.07. The van der Waals surface area contributed by atoms with Crippen LogP contribution in [0, 0.1) is 0 Å². The predicted molar refractivity (Wildman–Crippen MR) is 298 cm³/mol. The van der Waals surface area contributed by atoms with Crippen LogP contribution >= 0.6 is 0 Å². The number of carbonyl (C=O) groups is 8. The standard InChI is InChI=1S/C52H68N16O18/c69-41-33-1-5-37(65(81)49(33)77)45(73)57-13-21-62-18-10-54-42(70)34-2-6-38(66(82)50(34)78)46(74)58-14-22-61(17-9-53-41)25-29-85-31-27-63-19-11-55-43(71)35-3-8-40(68(84)51(35)79)48(76)60-16-24-64(28-32-86-30-26-62)20-12-56-44(72)36-4-7-39(67(83)52(36)80)47(75)59-15-23-63/h1-8,81-84H,9-32H2,(H,53,69)(H,54,70)(H,55,71)(H,56,72)(H,57,73)(H,58,74)(H,59,75)(H,60,76). The zero-order valence-corrected chi connectivity index (χ0v) is 46.7. The molecular weight excluding hydrogens is 1140 g/mol. The predicted octanol–water partition coefficient (Wildman–Crippen LogP) is -6.50. The SMILES string of the molecule is O=C1NCCN2CCNC(=O)c3ccc(c(=O)n3O)C(=O)NCCN(CCNC(=O)c3ccc1c(=O)n3O)CCOCCN1CCNC(=O)c3ccc(n(O)c3=O)C(=O)NCCN(CCNC(=O)c3ccc(n(O)c3=O)C(=O)NCC1)CCOCC2. The molecule has 0 saturated carbocycles. The van der Waals surface area contributed by atoms with Crippen molar-refractivity contribution >= 4 is 47.3 Å². The number of aromatic nitrogens is 4. The third-order valence-electron chi connectivity index (χ3n) is 14.1. The monoisotopic (exact) mass is 1200 g/mol. The highest BCUT2D eigenvalue weighted by Crippen LogP contribution is 2.06. The van der Waals surface area contributed by atoms with Crippen molar-refractivity contribution in [1.29, 1.82) is 0 Å². The van der Waals surface area contributed by atoms with Gasteiger partial charge in [0.25, 0.3) is 69.5 Å². The Bertz CT molecular complexity index is 2980. The van der Waals surface area contributed by atoms with Crippen LogP contribution in [0.1, 0.15) is 83.4 Å². The lowest BCUT2D eigenvalue weighted by Gasteiger charge is -2.25. The number of hydrogen-bond acceptors (Lipinski definition) is 22. The van der Waals surface area contributed by atoms with E-state index in [0.29, 0.717) is 0 Å². The molecule has 8 amide bonds. The molecule has 0 aromatic carbocycles. The number of nitrogens with one attached hydrogen (secondary N) is 8. The minimum atomic E-state index is -1.19. The van der Waals surface area contributed by atoms with E-state index in [1.165, 1.54) is 0 Å². The largest absolute Gasteiger partial charge is 0.425 e. The van der Waals surface area contributed by atoms with E-state index in [-0.39, 0.29) is 176 Å². The second-order valence-electron chi connectivity index (χ2n) is 19.6. The molecule has 0 radical (unpaired) electrons. The molecule has 10 aliphatic rings. The van der Waals surface area contributed by atoms with Gasteiger partial charge in [-0.3, -0.25) is 77.1 Å². The third-order valence-corrected chi connectivity index (χ3v) is 14.1. The Morgan fingerprint density at radius 2 is 0.430 bits per heavy atom. The number of carbonyl (C=O) groups excluding carboxylic acids is 8. The van der Waals surface area contributed by atoms with Crippen LogP contribution in [0.15, 0.2) is 67.7 Å². The fraction of sp³-hybridized carbons (Fsp3) is 0.462. The number of ether oxygens (including phenoxy) is 2. The summed E-state index contributed by atoms with van der Waals surface area (Å²) in [6.45, 7) is 0.242. The summed E-state index contributed by atoms with van der Waals surface area (Å²) in [5.41, 5.74) is -8.66. The first kappa shape index (κ1) is 64.1. The first-order valence-electron chi connectivity index (χ1n) is 27.5. The van der Waals surface area contributed by atoms with E-state index < -0.39 is 115 Å². The number of nitrogens with zero attached hydrogens (tertiary/aromatic N) is 8. The number of fused-ring (bicyclic) bond motifs is 8. The highest BCUT2D eigenvalue weighted by molar-refractivity contribution is 5.99. The lowest BCUT2D eigenvalue weighted by atomic mass is 10.2. The molecule has 4 unspecified atom stereocenters. The van der Waals surface area contributed by atoms with Gasteiger partial charge in [-0.05, 0) is 48.5 Å². The van der Waals surface area contributed by atoms with Crippen molar-refractivity contribution in [2.45, 2.75) is 0 Å². The summed E-state index contributed by atoms with van der Waals surface area (Å²) in [5, 5.41) is 64.0. The molecule has 4 aromatic heterocycles. The molecule has 4 aromatic rings. The minimum absolute atomic E-state index is 0.00997. The molecule has 12 N–H and O–H groups in total. The summed E-state index contributed by atoms with van der Waals surface area (Å²) in [7, 11) is 0. The average Bonchev–Trinajstić information content (AvgIpc) is 2.15. The molecule has 14 heterocycles. The number of pyridine rings is 4. The Morgan fingerprint density at radius 3 is 0.616 bits per heavy atom. The summed E-state index contributed by atoms with van der Waals surface area (Å²) in [4.78, 5) is 167. The highest BCUT2D eigenvalue weighted by atomic mass is 16.5. The van der Waals surface area contributed by atoms with Gasteiger partial charge in [-0.15, -0.1) is 18.9 Å². The van der Waals surface area contributed by atoms with Crippen molar-refractivity contribution in [3.63, 3.8) is 0 Å². The molecule has 0 spiro atoms. The van der Waals surface area contributed by atoms with Crippen LogP contribution in [-0.2, 0) is 9.47 Å². The minimum Gasteiger partial charge on any atom is -0.425 e. The molecule has 0 fully saturated rings. The van der Waals surface area contributed by atoms with Crippen molar-refractivity contribution in [2.24, 2.45) is 0 Å². The molecule has 86 heavy (non-hydrogen) atoms. The fourth-order valence-corrected chi connectivity index (χ4v) is 9.17. The Labute approximate surface area is 488 Å². The molecule has 0 aliphatic carbocycles. The van der Waals surface area contributed by atoms with E-state index in [1.54, 1.807) is 19.6 Å². The first-order chi connectivity index (χ1) is 41.3. The number of rotatable bonds is 0. The van der Waals surface area contributed by atoms with Gasteiger partial charge >= 0.3 is 0 Å². The zero-order valence-electron chi connectivity index (χ0n) is 46.7. The number of hydrogen-bond donors (Lipinski definition) is 12. The van der Waals surface area contributed by atoms with Crippen molar-refractivity contribution < 1.29 is 68.7 Å². The summed E-state index contributed by atoms with van der Waals surface area (Å²) in [6, 6.07) is 8.73. The first-order valence-corrected chi connectivity index (χ1v) is 27.5. The van der Waals surface area contributed by atoms with Gasteiger partial charge < -0.3 is 72.8 Å². The van der Waals surface area contributed by atoms with Crippen LogP contribution in [0.3, 0.4) is 0 Å². The molecule has 14 rings (SSSR count). The second kappa shape index (κ2) is 30.9. The average molecular weight is 1210 g/mol. The molecule has 34 nitrogen and oxygen atoms in total. The highest BCUT2D eigenvalue weighted by Gasteiger charge is 2.25. The van der Waals surface area contributed by atoms with Crippen LogP contribution < -0.4 is 64.8 Å². The van der Waals surface area contributed by atoms with Crippen LogP contribution in [0.25, 0.3) is 0 Å². The third kappa shape index (κ3) is 16.9. The lowest BCUT2D eigenvalue weighted by Crippen LogP contribution is -2.44. The topological polar surface area (TPSA) is 433 Å². The molecule has 4 atom stereocenters. The van der Waals surface area contributed by atoms with Gasteiger partial charge in [0.2, 0.25) is 0 Å². The maximum Gasteiger partial charge on any atom is 0.296 e. The quantitative estimate of drug-likeness (QED) is 0.0729. The maximum atomic E-state index is 13.4. The van der Waals surface area contributed by atoms with Gasteiger partial charge in [0.05, 0.1) is 26.4 Å². The molecule has 34 heteroatoms. The van der Waals surface area contributed by atoms with Crippen LogP contribution in [0.4, 0.5) is 0 Å². The molecule has 464 valence electrons. The Morgan fingerprint density at radius 1 is 0.256 bits per heavy atom. The van der Waals surface area contributed by atoms with Gasteiger partial charge in [0.15, 0.2) is 0 Å². The van der Waals surface area contributed by atoms with Crippen molar-refractivity contribution in [3.05, 3.63) is 135 Å². The van der Waals surface area contributed by atoms with E-state index in [4.69, 9.17) is 9.47 Å². The lowest BCUT2D eigenvalue weighted by molar-refractivity contribution is 0.0769. The van der Waals surface area contributed by atoms with Crippen LogP contribution in [0.5, 0.6) is 0 Å². The van der Waals surface area contributed by atoms with Crippen molar-refractivity contribution in [1.82, 2.24) is 81.1 Å². The smallest absolute Gasteiger partial charge is 0.296 e. The van der Waals surface area contributed by atoms with Gasteiger partial charge in [-0.2, -0.15) is 0 Å². The number of amides is 8. The molecular formula is C52H68N16O18. The Kier molecular flexibility index (Phi) is 23.0. The van der Waals surface area contributed by atoms with Crippen LogP contribution in [-0.4, -0.2) is 264 Å². The van der Waals surface area contributed by atoms with E-state index in [2.05, 4.69) is 42.5 Å². The van der Waals surface area contributed by atoms with E-state index in [0.717, 1.165) is 48.5 Å². The Balaban J connectivity index is 1.20. The van der Waals surface area contributed by atoms with Crippen molar-refractivity contribution in [3.8, 4) is 0 Å². The molecule has 10 aliphatic heterocycles. The Hall–Kier alpha value is -9.48. The maximum absolute atomic E-state index is 13.4. The summed E-state index contributed by atoms with van der Waals surface area (Å²) in [6.07, 6.45) is 0.